The summed E-state index contributed by atoms with van der Waals surface area (Å²) in [6.45, 7) is 2.79. The Morgan fingerprint density at radius 3 is 2.89 bits per heavy atom. The summed E-state index contributed by atoms with van der Waals surface area (Å²) in [7, 11) is 0. The molecule has 1 aromatic heterocycles. The highest BCUT2D eigenvalue weighted by Gasteiger charge is 2.18. The molecular weight excluding hydrogens is 230 g/mol. The summed E-state index contributed by atoms with van der Waals surface area (Å²) in [5.41, 5.74) is 3.40. The first-order chi connectivity index (χ1) is 8.61. The number of aromatic nitrogens is 1. The molecule has 0 fully saturated rings. The van der Waals surface area contributed by atoms with Gasteiger partial charge in [0, 0.05) is 19.3 Å². The van der Waals surface area contributed by atoms with Crippen LogP contribution in [0.3, 0.4) is 0 Å². The molecule has 92 valence electrons. The van der Waals surface area contributed by atoms with E-state index in [0.29, 0.717) is 25.1 Å². The molecule has 0 radical (unpaired) electrons. The van der Waals surface area contributed by atoms with E-state index in [9.17, 15) is 4.79 Å². The van der Waals surface area contributed by atoms with Crippen LogP contribution in [0.15, 0.2) is 18.3 Å². The number of carbonyl (C=O) groups is 1. The van der Waals surface area contributed by atoms with Gasteiger partial charge in [0.05, 0.1) is 11.3 Å². The minimum Gasteiger partial charge on any atom is -0.465 e. The number of hydrogen-bond donors (Lipinski definition) is 1. The molecule has 0 atom stereocenters. The van der Waals surface area contributed by atoms with Gasteiger partial charge in [0.25, 0.3) is 0 Å². The average molecular weight is 243 g/mol. The van der Waals surface area contributed by atoms with Gasteiger partial charge in [-0.2, -0.15) is 5.26 Å². The van der Waals surface area contributed by atoms with Crippen LogP contribution in [-0.4, -0.2) is 34.2 Å². The fourth-order valence-electron chi connectivity index (χ4n) is 2.03. The Hall–Kier alpha value is -2.35. The number of nitrogens with zero attached hydrogens (tertiary/aromatic N) is 3. The summed E-state index contributed by atoms with van der Waals surface area (Å²) < 4.78 is 0. The predicted octanol–water partition coefficient (Wildman–Crippen LogP) is 2.03. The van der Waals surface area contributed by atoms with Crippen molar-refractivity contribution in [1.29, 1.82) is 5.26 Å². The Bertz CT molecular complexity index is 558. The minimum atomic E-state index is -0.894. The van der Waals surface area contributed by atoms with Crippen LogP contribution in [0.4, 0.5) is 4.79 Å². The van der Waals surface area contributed by atoms with E-state index in [4.69, 9.17) is 10.4 Å². The number of aryl methyl sites for hydroxylation is 1. The molecule has 0 unspecified atom stereocenters. The first-order valence-electron chi connectivity index (χ1n) is 5.66. The molecule has 1 amide bonds. The highest BCUT2D eigenvalue weighted by atomic mass is 16.4. The maximum absolute atomic E-state index is 10.8. The fraction of sp³-hybridized carbons (Fsp3) is 0.308. The normalized spacial score (nSPS) is 14.9. The van der Waals surface area contributed by atoms with Gasteiger partial charge in [-0.3, -0.25) is 4.98 Å². The van der Waals surface area contributed by atoms with Gasteiger partial charge in [-0.15, -0.1) is 0 Å². The third-order valence-corrected chi connectivity index (χ3v) is 2.99. The second-order valence-electron chi connectivity index (χ2n) is 4.21. The van der Waals surface area contributed by atoms with Crippen LogP contribution in [0, 0.1) is 18.3 Å². The highest BCUT2D eigenvalue weighted by Crippen LogP contribution is 2.23. The number of hydrogen-bond acceptors (Lipinski definition) is 3. The van der Waals surface area contributed by atoms with Gasteiger partial charge in [-0.1, -0.05) is 6.08 Å². The SMILES string of the molecule is Cc1cc(C#N)cnc1C1=CCN(C(=O)O)CC1. The zero-order valence-corrected chi connectivity index (χ0v) is 10.1. The Labute approximate surface area is 105 Å². The number of rotatable bonds is 1. The average Bonchev–Trinajstić information content (AvgIpc) is 2.38. The van der Waals surface area contributed by atoms with Crippen molar-refractivity contribution >= 4 is 11.7 Å². The molecule has 5 heteroatoms. The third kappa shape index (κ3) is 2.33. The van der Waals surface area contributed by atoms with Gasteiger partial charge in [0.15, 0.2) is 0 Å². The second-order valence-corrected chi connectivity index (χ2v) is 4.21. The quantitative estimate of drug-likeness (QED) is 0.818. The summed E-state index contributed by atoms with van der Waals surface area (Å²) >= 11 is 0. The molecule has 0 aliphatic carbocycles. The molecule has 5 nitrogen and oxygen atoms in total. The summed E-state index contributed by atoms with van der Waals surface area (Å²) in [6, 6.07) is 3.85. The standard InChI is InChI=1S/C13H13N3O2/c1-9-6-10(7-14)8-15-12(9)11-2-4-16(5-3-11)13(17)18/h2,6,8H,3-5H2,1H3,(H,17,18). The molecule has 0 aromatic carbocycles. The zero-order chi connectivity index (χ0) is 13.1. The van der Waals surface area contributed by atoms with Gasteiger partial charge in [0.1, 0.15) is 6.07 Å². The lowest BCUT2D eigenvalue weighted by atomic mass is 10.00. The predicted molar refractivity (Wildman–Crippen MR) is 65.9 cm³/mol. The molecule has 1 N–H and O–H groups in total. The van der Waals surface area contributed by atoms with Crippen LogP contribution in [0.5, 0.6) is 0 Å². The molecule has 0 bridgehead atoms. The topological polar surface area (TPSA) is 77.2 Å². The lowest BCUT2D eigenvalue weighted by Gasteiger charge is -2.24. The number of nitriles is 1. The molecule has 0 saturated carbocycles. The first kappa shape index (κ1) is 12.1. The van der Waals surface area contributed by atoms with Crippen molar-refractivity contribution in [3.8, 4) is 6.07 Å². The maximum atomic E-state index is 10.8. The fourth-order valence-corrected chi connectivity index (χ4v) is 2.03. The van der Waals surface area contributed by atoms with Gasteiger partial charge >= 0.3 is 6.09 Å². The molecular formula is C13H13N3O2. The Balaban J connectivity index is 2.24. The van der Waals surface area contributed by atoms with E-state index >= 15 is 0 Å². The maximum Gasteiger partial charge on any atom is 0.407 e. The number of pyridine rings is 1. The smallest absolute Gasteiger partial charge is 0.407 e. The van der Waals surface area contributed by atoms with Crippen LogP contribution >= 0.6 is 0 Å². The molecule has 18 heavy (non-hydrogen) atoms. The van der Waals surface area contributed by atoms with Crippen molar-refractivity contribution in [3.05, 3.63) is 35.2 Å². The lowest BCUT2D eigenvalue weighted by molar-refractivity contribution is 0.150. The Morgan fingerprint density at radius 2 is 2.39 bits per heavy atom. The lowest BCUT2D eigenvalue weighted by Crippen LogP contribution is -2.33. The van der Waals surface area contributed by atoms with E-state index in [0.717, 1.165) is 16.8 Å². The van der Waals surface area contributed by atoms with E-state index in [-0.39, 0.29) is 0 Å². The summed E-state index contributed by atoms with van der Waals surface area (Å²) in [5, 5.41) is 17.6. The van der Waals surface area contributed by atoms with Gasteiger partial charge < -0.3 is 10.0 Å². The van der Waals surface area contributed by atoms with Gasteiger partial charge in [-0.05, 0) is 30.5 Å². The van der Waals surface area contributed by atoms with E-state index in [1.165, 1.54) is 4.90 Å². The molecule has 2 heterocycles. The van der Waals surface area contributed by atoms with Crippen molar-refractivity contribution in [2.45, 2.75) is 13.3 Å². The molecule has 0 saturated heterocycles. The van der Waals surface area contributed by atoms with Crippen molar-refractivity contribution in [2.75, 3.05) is 13.1 Å². The monoisotopic (exact) mass is 243 g/mol. The van der Waals surface area contributed by atoms with Crippen molar-refractivity contribution < 1.29 is 9.90 Å². The first-order valence-corrected chi connectivity index (χ1v) is 5.66. The Kier molecular flexibility index (Phi) is 3.28. The number of carboxylic acid groups (broad SMARTS) is 1. The molecule has 0 spiro atoms. The van der Waals surface area contributed by atoms with Gasteiger partial charge in [0.2, 0.25) is 0 Å². The van der Waals surface area contributed by atoms with Crippen molar-refractivity contribution in [1.82, 2.24) is 9.88 Å². The minimum absolute atomic E-state index is 0.395. The van der Waals surface area contributed by atoms with E-state index in [2.05, 4.69) is 11.1 Å². The molecule has 1 aliphatic rings. The summed E-state index contributed by atoms with van der Waals surface area (Å²) in [4.78, 5) is 16.4. The highest BCUT2D eigenvalue weighted by molar-refractivity contribution is 5.71. The van der Waals surface area contributed by atoms with Crippen LogP contribution < -0.4 is 0 Å². The third-order valence-electron chi connectivity index (χ3n) is 2.99. The van der Waals surface area contributed by atoms with E-state index < -0.39 is 6.09 Å². The van der Waals surface area contributed by atoms with E-state index in [1.54, 1.807) is 12.3 Å². The largest absolute Gasteiger partial charge is 0.465 e. The molecule has 2 rings (SSSR count). The summed E-state index contributed by atoms with van der Waals surface area (Å²) in [5.74, 6) is 0. The van der Waals surface area contributed by atoms with Crippen molar-refractivity contribution in [3.63, 3.8) is 0 Å². The van der Waals surface area contributed by atoms with Crippen LogP contribution in [0.1, 0.15) is 23.2 Å². The molecule has 1 aromatic rings. The molecule has 1 aliphatic heterocycles. The number of amides is 1. The zero-order valence-electron chi connectivity index (χ0n) is 10.1. The second kappa shape index (κ2) is 4.88. The summed E-state index contributed by atoms with van der Waals surface area (Å²) in [6.07, 6.45) is 3.20. The van der Waals surface area contributed by atoms with Crippen LogP contribution in [0.2, 0.25) is 0 Å². The van der Waals surface area contributed by atoms with Crippen LogP contribution in [-0.2, 0) is 0 Å². The van der Waals surface area contributed by atoms with Crippen molar-refractivity contribution in [2.24, 2.45) is 0 Å². The van der Waals surface area contributed by atoms with Crippen LogP contribution in [0.25, 0.3) is 5.57 Å². The van der Waals surface area contributed by atoms with E-state index in [1.807, 2.05) is 13.0 Å². The Morgan fingerprint density at radius 1 is 1.61 bits per heavy atom. The van der Waals surface area contributed by atoms with Gasteiger partial charge in [-0.25, -0.2) is 4.79 Å².